The Hall–Kier alpha value is -1.30. The maximum absolute atomic E-state index is 10.6. The number of hydrogen-bond donors (Lipinski definition) is 3. The van der Waals surface area contributed by atoms with Gasteiger partial charge in [0.05, 0.1) is 0 Å². The molecule has 0 aliphatic rings. The van der Waals surface area contributed by atoms with Crippen molar-refractivity contribution in [2.24, 2.45) is 16.6 Å². The first-order valence-corrected chi connectivity index (χ1v) is 3.85. The van der Waals surface area contributed by atoms with Gasteiger partial charge in [-0.2, -0.15) is 0 Å². The Labute approximate surface area is 75.3 Å². The van der Waals surface area contributed by atoms with E-state index in [-0.39, 0.29) is 6.42 Å². The van der Waals surface area contributed by atoms with Crippen LogP contribution in [0, 0.1) is 0 Å². The molecule has 0 radical (unpaired) electrons. The molecule has 0 saturated carbocycles. The van der Waals surface area contributed by atoms with Gasteiger partial charge < -0.3 is 16.6 Å². The maximum Gasteiger partial charge on any atom is 0.329 e. The van der Waals surface area contributed by atoms with E-state index in [2.05, 4.69) is 10.0 Å². The smallest absolute Gasteiger partial charge is 0.329 e. The lowest BCUT2D eigenvalue weighted by molar-refractivity contribution is -0.143. The molecular formula is C6H13N5O2. The minimum absolute atomic E-state index is 0.101. The second kappa shape index (κ2) is 5.36. The second-order valence-corrected chi connectivity index (χ2v) is 2.66. The summed E-state index contributed by atoms with van der Waals surface area (Å²) >= 11 is 0. The van der Waals surface area contributed by atoms with Gasteiger partial charge in [0.25, 0.3) is 0 Å². The third-order valence-corrected chi connectivity index (χ3v) is 1.61. The van der Waals surface area contributed by atoms with Crippen LogP contribution in [0.15, 0.2) is 5.11 Å². The summed E-state index contributed by atoms with van der Waals surface area (Å²) in [4.78, 5) is 13.0. The molecule has 0 aromatic carbocycles. The fourth-order valence-electron chi connectivity index (χ4n) is 0.818. The number of nitrogens with two attached hydrogens (primary N) is 2. The quantitative estimate of drug-likeness (QED) is 0.236. The zero-order valence-corrected chi connectivity index (χ0v) is 7.18. The summed E-state index contributed by atoms with van der Waals surface area (Å²) in [6, 6.07) is 0. The average molecular weight is 187 g/mol. The monoisotopic (exact) mass is 187 g/mol. The van der Waals surface area contributed by atoms with E-state index in [4.69, 9.17) is 22.1 Å². The van der Waals surface area contributed by atoms with E-state index < -0.39 is 11.6 Å². The highest BCUT2D eigenvalue weighted by Gasteiger charge is 2.31. The molecule has 0 aromatic heterocycles. The van der Waals surface area contributed by atoms with Crippen LogP contribution >= 0.6 is 0 Å². The topological polar surface area (TPSA) is 138 Å². The van der Waals surface area contributed by atoms with Crippen LogP contribution in [-0.2, 0) is 4.79 Å². The number of nitrogens with zero attached hydrogens (tertiary/aromatic N) is 3. The Morgan fingerprint density at radius 3 is 2.62 bits per heavy atom. The predicted octanol–water partition coefficient (Wildman–Crippen LogP) is 0.165. The molecule has 1 atom stereocenters. The number of carbonyl (C=O) groups is 1. The van der Waals surface area contributed by atoms with E-state index in [1.807, 2.05) is 0 Å². The van der Waals surface area contributed by atoms with Gasteiger partial charge in [0.1, 0.15) is 0 Å². The standard InChI is InChI=1S/C6H13N5O2/c7-4-2-1-3-6(8,5(12)13)10-11-9/h1-4,7-8H2,(H,12,13)/t6-/m1/s1. The van der Waals surface area contributed by atoms with Gasteiger partial charge in [0.15, 0.2) is 5.66 Å². The van der Waals surface area contributed by atoms with Crippen LogP contribution in [0.2, 0.25) is 0 Å². The fourth-order valence-corrected chi connectivity index (χ4v) is 0.818. The van der Waals surface area contributed by atoms with Gasteiger partial charge in [-0.05, 0) is 31.3 Å². The Balaban J connectivity index is 4.25. The molecule has 0 heterocycles. The molecule has 74 valence electrons. The van der Waals surface area contributed by atoms with Crippen LogP contribution in [0.5, 0.6) is 0 Å². The highest BCUT2D eigenvalue weighted by atomic mass is 16.4. The largest absolute Gasteiger partial charge is 0.480 e. The third kappa shape index (κ3) is 3.75. The molecule has 0 bridgehead atoms. The van der Waals surface area contributed by atoms with Crippen molar-refractivity contribution in [2.45, 2.75) is 24.9 Å². The molecule has 13 heavy (non-hydrogen) atoms. The zero-order valence-electron chi connectivity index (χ0n) is 7.18. The Kier molecular flexibility index (Phi) is 4.83. The Bertz CT molecular complexity index is 221. The van der Waals surface area contributed by atoms with Crippen molar-refractivity contribution in [1.29, 1.82) is 0 Å². The summed E-state index contributed by atoms with van der Waals surface area (Å²) in [6.07, 6.45) is 1.29. The number of carboxylic acid groups (broad SMARTS) is 1. The summed E-state index contributed by atoms with van der Waals surface area (Å²) in [5.74, 6) is -1.32. The Morgan fingerprint density at radius 1 is 1.62 bits per heavy atom. The van der Waals surface area contributed by atoms with E-state index in [1.54, 1.807) is 0 Å². The lowest BCUT2D eigenvalue weighted by Gasteiger charge is -2.17. The van der Waals surface area contributed by atoms with Crippen molar-refractivity contribution in [1.82, 2.24) is 0 Å². The van der Waals surface area contributed by atoms with Crippen LogP contribution in [-0.4, -0.2) is 23.3 Å². The molecule has 7 heteroatoms. The molecule has 0 aliphatic carbocycles. The summed E-state index contributed by atoms with van der Waals surface area (Å²) in [5, 5.41) is 11.7. The van der Waals surface area contributed by atoms with E-state index >= 15 is 0 Å². The predicted molar refractivity (Wildman–Crippen MR) is 46.6 cm³/mol. The van der Waals surface area contributed by atoms with Crippen molar-refractivity contribution in [3.05, 3.63) is 10.4 Å². The van der Waals surface area contributed by atoms with E-state index in [1.165, 1.54) is 0 Å². The van der Waals surface area contributed by atoms with Gasteiger partial charge in [-0.15, -0.1) is 0 Å². The van der Waals surface area contributed by atoms with E-state index in [9.17, 15) is 4.79 Å². The minimum atomic E-state index is -1.83. The van der Waals surface area contributed by atoms with Crippen molar-refractivity contribution < 1.29 is 9.90 Å². The molecule has 0 rings (SSSR count). The van der Waals surface area contributed by atoms with E-state index in [0.29, 0.717) is 19.4 Å². The number of hydrogen-bond acceptors (Lipinski definition) is 4. The maximum atomic E-state index is 10.6. The van der Waals surface area contributed by atoms with Crippen LogP contribution in [0.25, 0.3) is 10.4 Å². The van der Waals surface area contributed by atoms with Crippen LogP contribution in [0.3, 0.4) is 0 Å². The van der Waals surface area contributed by atoms with Gasteiger partial charge in [0.2, 0.25) is 0 Å². The van der Waals surface area contributed by atoms with Crippen molar-refractivity contribution in [2.75, 3.05) is 6.54 Å². The highest BCUT2D eigenvalue weighted by Crippen LogP contribution is 2.13. The molecule has 0 amide bonds. The van der Waals surface area contributed by atoms with Crippen molar-refractivity contribution in [3.8, 4) is 0 Å². The third-order valence-electron chi connectivity index (χ3n) is 1.61. The average Bonchev–Trinajstić information content (AvgIpc) is 2.05. The molecule has 0 saturated heterocycles. The van der Waals surface area contributed by atoms with Gasteiger partial charge in [-0.3, -0.25) is 4.79 Å². The first-order valence-electron chi connectivity index (χ1n) is 3.85. The summed E-state index contributed by atoms with van der Waals surface area (Å²) in [6.45, 7) is 0.464. The summed E-state index contributed by atoms with van der Waals surface area (Å²) in [7, 11) is 0. The van der Waals surface area contributed by atoms with Crippen molar-refractivity contribution >= 4 is 5.97 Å². The van der Waals surface area contributed by atoms with Gasteiger partial charge in [0, 0.05) is 4.91 Å². The molecule has 5 N–H and O–H groups in total. The number of aliphatic carboxylic acids is 1. The number of carboxylic acids is 1. The first kappa shape index (κ1) is 11.7. The second-order valence-electron chi connectivity index (χ2n) is 2.66. The minimum Gasteiger partial charge on any atom is -0.480 e. The van der Waals surface area contributed by atoms with Gasteiger partial charge in [-0.25, -0.2) is 0 Å². The molecule has 0 spiro atoms. The molecule has 0 aromatic rings. The Morgan fingerprint density at radius 2 is 2.23 bits per heavy atom. The number of rotatable bonds is 6. The molecule has 7 nitrogen and oxygen atoms in total. The number of azide groups is 1. The normalized spacial score (nSPS) is 14.3. The summed E-state index contributed by atoms with van der Waals surface area (Å²) < 4.78 is 0. The number of unbranched alkanes of at least 4 members (excludes halogenated alkanes) is 1. The van der Waals surface area contributed by atoms with Gasteiger partial charge in [-0.1, -0.05) is 5.11 Å². The summed E-state index contributed by atoms with van der Waals surface area (Å²) in [5.41, 5.74) is 16.8. The first-order chi connectivity index (χ1) is 6.06. The fraction of sp³-hybridized carbons (Fsp3) is 0.833. The van der Waals surface area contributed by atoms with Crippen LogP contribution < -0.4 is 11.5 Å². The molecule has 0 unspecified atom stereocenters. The molecular weight excluding hydrogens is 174 g/mol. The lowest BCUT2D eigenvalue weighted by Crippen LogP contribution is -2.45. The van der Waals surface area contributed by atoms with Crippen LogP contribution in [0.1, 0.15) is 19.3 Å². The van der Waals surface area contributed by atoms with Crippen LogP contribution in [0.4, 0.5) is 0 Å². The van der Waals surface area contributed by atoms with E-state index in [0.717, 1.165) is 0 Å². The molecule has 0 aliphatic heterocycles. The van der Waals surface area contributed by atoms with Gasteiger partial charge >= 0.3 is 5.97 Å². The zero-order chi connectivity index (χ0) is 10.3. The van der Waals surface area contributed by atoms with Crippen molar-refractivity contribution in [3.63, 3.8) is 0 Å². The molecule has 0 fully saturated rings. The SMILES string of the molecule is [N-]=[N+]=N[C@](N)(CCCCN)C(=O)O. The highest BCUT2D eigenvalue weighted by molar-refractivity contribution is 5.77. The lowest BCUT2D eigenvalue weighted by atomic mass is 10.0.